The molecule has 3 heteroatoms. The lowest BCUT2D eigenvalue weighted by molar-refractivity contribution is -0.117. The van der Waals surface area contributed by atoms with E-state index in [0.717, 1.165) is 16.8 Å². The van der Waals surface area contributed by atoms with Crippen LogP contribution < -0.4 is 5.32 Å². The summed E-state index contributed by atoms with van der Waals surface area (Å²) in [6.07, 6.45) is 0.600. The number of carbonyl (C=O) groups excluding carboxylic acids is 1. The molecular formula is C15H12FNO. The quantitative estimate of drug-likeness (QED) is 0.860. The van der Waals surface area contributed by atoms with Gasteiger partial charge in [-0.3, -0.25) is 4.79 Å². The van der Waals surface area contributed by atoms with Crippen molar-refractivity contribution in [1.29, 1.82) is 0 Å². The SMILES string of the molecule is O=C1Nc2ccccc2C1Cc1ccc(F)cc1. The first-order valence-electron chi connectivity index (χ1n) is 5.88. The summed E-state index contributed by atoms with van der Waals surface area (Å²) >= 11 is 0. The Balaban J connectivity index is 1.89. The molecule has 1 aliphatic rings. The summed E-state index contributed by atoms with van der Waals surface area (Å²) in [4.78, 5) is 11.9. The first-order valence-corrected chi connectivity index (χ1v) is 5.88. The van der Waals surface area contributed by atoms with E-state index < -0.39 is 0 Å². The second-order valence-electron chi connectivity index (χ2n) is 4.46. The molecule has 0 saturated heterocycles. The molecule has 0 spiro atoms. The van der Waals surface area contributed by atoms with Crippen molar-refractivity contribution in [3.8, 4) is 0 Å². The molecular weight excluding hydrogens is 229 g/mol. The van der Waals surface area contributed by atoms with E-state index in [1.54, 1.807) is 12.1 Å². The largest absolute Gasteiger partial charge is 0.325 e. The van der Waals surface area contributed by atoms with Gasteiger partial charge < -0.3 is 5.32 Å². The molecule has 90 valence electrons. The van der Waals surface area contributed by atoms with Gasteiger partial charge in [-0.15, -0.1) is 0 Å². The molecule has 1 aliphatic heterocycles. The molecule has 2 aromatic rings. The van der Waals surface area contributed by atoms with E-state index in [9.17, 15) is 9.18 Å². The number of hydrogen-bond acceptors (Lipinski definition) is 1. The molecule has 0 bridgehead atoms. The third kappa shape index (κ3) is 1.88. The van der Waals surface area contributed by atoms with E-state index in [1.165, 1.54) is 12.1 Å². The summed E-state index contributed by atoms with van der Waals surface area (Å²) in [6.45, 7) is 0. The average Bonchev–Trinajstić information content (AvgIpc) is 2.69. The molecule has 0 saturated carbocycles. The van der Waals surface area contributed by atoms with Crippen LogP contribution in [0.25, 0.3) is 0 Å². The minimum absolute atomic E-state index is 0.0144. The highest BCUT2D eigenvalue weighted by Crippen LogP contribution is 2.34. The van der Waals surface area contributed by atoms with E-state index >= 15 is 0 Å². The number of fused-ring (bicyclic) bond motifs is 1. The fraction of sp³-hybridized carbons (Fsp3) is 0.133. The molecule has 1 atom stereocenters. The number of benzene rings is 2. The van der Waals surface area contributed by atoms with E-state index in [1.807, 2.05) is 24.3 Å². The van der Waals surface area contributed by atoms with Gasteiger partial charge in [-0.1, -0.05) is 30.3 Å². The second kappa shape index (κ2) is 4.26. The van der Waals surface area contributed by atoms with Gasteiger partial charge >= 0.3 is 0 Å². The van der Waals surface area contributed by atoms with Gasteiger partial charge in [0.25, 0.3) is 0 Å². The third-order valence-corrected chi connectivity index (χ3v) is 3.26. The van der Waals surface area contributed by atoms with Crippen LogP contribution in [-0.4, -0.2) is 5.91 Å². The fourth-order valence-corrected chi connectivity index (χ4v) is 2.33. The Bertz CT molecular complexity index is 592. The van der Waals surface area contributed by atoms with Gasteiger partial charge in [0.2, 0.25) is 5.91 Å². The van der Waals surface area contributed by atoms with Crippen LogP contribution >= 0.6 is 0 Å². The Morgan fingerprint density at radius 1 is 1.06 bits per heavy atom. The lowest BCUT2D eigenvalue weighted by Gasteiger charge is -2.08. The lowest BCUT2D eigenvalue weighted by atomic mass is 9.93. The normalized spacial score (nSPS) is 17.4. The first kappa shape index (κ1) is 11.0. The van der Waals surface area contributed by atoms with Crippen LogP contribution in [0.1, 0.15) is 17.0 Å². The highest BCUT2D eigenvalue weighted by Gasteiger charge is 2.29. The Morgan fingerprint density at radius 3 is 2.56 bits per heavy atom. The summed E-state index contributed by atoms with van der Waals surface area (Å²) in [7, 11) is 0. The number of anilines is 1. The average molecular weight is 241 g/mol. The molecule has 1 amide bonds. The minimum atomic E-state index is -0.255. The number of carbonyl (C=O) groups is 1. The highest BCUT2D eigenvalue weighted by molar-refractivity contribution is 6.02. The zero-order valence-corrected chi connectivity index (χ0v) is 9.69. The summed E-state index contributed by atoms with van der Waals surface area (Å²) in [5.41, 5.74) is 2.87. The van der Waals surface area contributed by atoms with Crippen LogP contribution in [-0.2, 0) is 11.2 Å². The van der Waals surface area contributed by atoms with Gasteiger partial charge in [0.1, 0.15) is 5.82 Å². The molecule has 3 rings (SSSR count). The fourth-order valence-electron chi connectivity index (χ4n) is 2.33. The highest BCUT2D eigenvalue weighted by atomic mass is 19.1. The van der Waals surface area contributed by atoms with Crippen molar-refractivity contribution in [2.75, 3.05) is 5.32 Å². The van der Waals surface area contributed by atoms with Crippen molar-refractivity contribution in [2.45, 2.75) is 12.3 Å². The van der Waals surface area contributed by atoms with Crippen molar-refractivity contribution >= 4 is 11.6 Å². The monoisotopic (exact) mass is 241 g/mol. The molecule has 0 aliphatic carbocycles. The molecule has 18 heavy (non-hydrogen) atoms. The van der Waals surface area contributed by atoms with Gasteiger partial charge in [-0.25, -0.2) is 4.39 Å². The van der Waals surface area contributed by atoms with E-state index in [-0.39, 0.29) is 17.6 Å². The van der Waals surface area contributed by atoms with E-state index in [0.29, 0.717) is 6.42 Å². The lowest BCUT2D eigenvalue weighted by Crippen LogP contribution is -2.14. The molecule has 2 nitrogen and oxygen atoms in total. The maximum atomic E-state index is 12.8. The zero-order chi connectivity index (χ0) is 12.5. The maximum Gasteiger partial charge on any atom is 0.232 e. The maximum absolute atomic E-state index is 12.8. The van der Waals surface area contributed by atoms with Crippen LogP contribution in [0, 0.1) is 5.82 Å². The van der Waals surface area contributed by atoms with Gasteiger partial charge in [0, 0.05) is 5.69 Å². The van der Waals surface area contributed by atoms with Crippen LogP contribution in [0.4, 0.5) is 10.1 Å². The third-order valence-electron chi connectivity index (χ3n) is 3.26. The zero-order valence-electron chi connectivity index (χ0n) is 9.69. The number of halogens is 1. The Labute approximate surface area is 104 Å². The Kier molecular flexibility index (Phi) is 2.59. The summed E-state index contributed by atoms with van der Waals surface area (Å²) in [5, 5.41) is 2.87. The summed E-state index contributed by atoms with van der Waals surface area (Å²) < 4.78 is 12.8. The Morgan fingerprint density at radius 2 is 1.78 bits per heavy atom. The predicted molar refractivity (Wildman–Crippen MR) is 67.9 cm³/mol. The van der Waals surface area contributed by atoms with E-state index in [2.05, 4.69) is 5.32 Å². The second-order valence-corrected chi connectivity index (χ2v) is 4.46. The van der Waals surface area contributed by atoms with Crippen molar-refractivity contribution in [1.82, 2.24) is 0 Å². The van der Waals surface area contributed by atoms with Crippen molar-refractivity contribution < 1.29 is 9.18 Å². The van der Waals surface area contributed by atoms with Crippen molar-refractivity contribution in [3.63, 3.8) is 0 Å². The molecule has 0 fully saturated rings. The van der Waals surface area contributed by atoms with Crippen LogP contribution in [0.3, 0.4) is 0 Å². The van der Waals surface area contributed by atoms with Crippen molar-refractivity contribution in [2.24, 2.45) is 0 Å². The number of nitrogens with one attached hydrogen (secondary N) is 1. The molecule has 0 radical (unpaired) electrons. The van der Waals surface area contributed by atoms with Crippen molar-refractivity contribution in [3.05, 3.63) is 65.5 Å². The van der Waals surface area contributed by atoms with Gasteiger partial charge in [-0.05, 0) is 35.7 Å². The number of amides is 1. The van der Waals surface area contributed by atoms with Gasteiger partial charge in [0.15, 0.2) is 0 Å². The number of para-hydroxylation sites is 1. The Hall–Kier alpha value is -2.16. The van der Waals surface area contributed by atoms with Gasteiger partial charge in [-0.2, -0.15) is 0 Å². The number of rotatable bonds is 2. The molecule has 1 heterocycles. The topological polar surface area (TPSA) is 29.1 Å². The van der Waals surface area contributed by atoms with Gasteiger partial charge in [0.05, 0.1) is 5.92 Å². The number of hydrogen-bond donors (Lipinski definition) is 1. The minimum Gasteiger partial charge on any atom is -0.325 e. The van der Waals surface area contributed by atoms with Crippen LogP contribution in [0.5, 0.6) is 0 Å². The van der Waals surface area contributed by atoms with E-state index in [4.69, 9.17) is 0 Å². The van der Waals surface area contributed by atoms with Crippen LogP contribution in [0.2, 0.25) is 0 Å². The molecule has 1 N–H and O–H groups in total. The molecule has 0 aromatic heterocycles. The summed E-state index contributed by atoms with van der Waals surface area (Å²) in [6, 6.07) is 14.0. The molecule has 1 unspecified atom stereocenters. The standard InChI is InChI=1S/C15H12FNO/c16-11-7-5-10(6-8-11)9-13-12-3-1-2-4-14(12)17-15(13)18/h1-8,13H,9H2,(H,17,18). The van der Waals surface area contributed by atoms with Crippen LogP contribution in [0.15, 0.2) is 48.5 Å². The first-order chi connectivity index (χ1) is 8.74. The predicted octanol–water partition coefficient (Wildman–Crippen LogP) is 3.10. The smallest absolute Gasteiger partial charge is 0.232 e. The molecule has 2 aromatic carbocycles. The summed E-state index contributed by atoms with van der Waals surface area (Å²) in [5.74, 6) is -0.415.